The van der Waals surface area contributed by atoms with Crippen LogP contribution >= 0.6 is 0 Å². The molecular weight excluding hydrogens is 278 g/mol. The molecule has 0 aromatic heterocycles. The first-order valence-electron chi connectivity index (χ1n) is 5.77. The topological polar surface area (TPSA) is 58.4 Å². The Morgan fingerprint density at radius 1 is 1.40 bits per heavy atom. The number of benzene rings is 1. The van der Waals surface area contributed by atoms with Crippen LogP contribution in [0.25, 0.3) is 0 Å². The van der Waals surface area contributed by atoms with Crippen LogP contribution in [0, 0.1) is 5.82 Å². The first kappa shape index (κ1) is 16.2. The summed E-state index contributed by atoms with van der Waals surface area (Å²) in [6, 6.07) is 3.47. The zero-order valence-electron chi connectivity index (χ0n) is 10.8. The summed E-state index contributed by atoms with van der Waals surface area (Å²) in [6.07, 6.45) is -4.42. The maximum Gasteiger partial charge on any atom is 0.401 e. The van der Waals surface area contributed by atoms with Crippen LogP contribution in [0.4, 0.5) is 28.9 Å². The SMILES string of the molecule is CN(CCC(=O)Nc1ccc(F)cc1N)CC(F)(F)F. The third-order valence-corrected chi connectivity index (χ3v) is 2.46. The van der Waals surface area contributed by atoms with E-state index in [9.17, 15) is 22.4 Å². The zero-order chi connectivity index (χ0) is 15.3. The van der Waals surface area contributed by atoms with Crippen LogP contribution in [0.5, 0.6) is 0 Å². The first-order valence-corrected chi connectivity index (χ1v) is 5.77. The Morgan fingerprint density at radius 2 is 2.05 bits per heavy atom. The van der Waals surface area contributed by atoms with E-state index in [0.717, 1.165) is 17.0 Å². The number of amides is 1. The Hall–Kier alpha value is -1.83. The molecule has 112 valence electrons. The molecule has 0 aliphatic carbocycles. The maximum absolute atomic E-state index is 12.8. The van der Waals surface area contributed by atoms with Crippen molar-refractivity contribution >= 4 is 17.3 Å². The molecule has 1 amide bonds. The Balaban J connectivity index is 2.44. The van der Waals surface area contributed by atoms with E-state index < -0.39 is 24.4 Å². The summed E-state index contributed by atoms with van der Waals surface area (Å²) in [6.45, 7) is -1.13. The van der Waals surface area contributed by atoms with Crippen LogP contribution in [-0.4, -0.2) is 37.1 Å². The number of hydrogen-bond acceptors (Lipinski definition) is 3. The summed E-state index contributed by atoms with van der Waals surface area (Å²) in [5, 5.41) is 2.42. The molecule has 0 heterocycles. The van der Waals surface area contributed by atoms with Crippen molar-refractivity contribution in [3.63, 3.8) is 0 Å². The number of nitrogens with one attached hydrogen (secondary N) is 1. The molecule has 0 bridgehead atoms. The maximum atomic E-state index is 12.8. The van der Waals surface area contributed by atoms with Gasteiger partial charge in [-0.2, -0.15) is 13.2 Å². The van der Waals surface area contributed by atoms with Gasteiger partial charge >= 0.3 is 6.18 Å². The summed E-state index contributed by atoms with van der Waals surface area (Å²) >= 11 is 0. The van der Waals surface area contributed by atoms with E-state index in [-0.39, 0.29) is 24.3 Å². The highest BCUT2D eigenvalue weighted by atomic mass is 19.4. The van der Waals surface area contributed by atoms with Gasteiger partial charge in [0.1, 0.15) is 5.82 Å². The van der Waals surface area contributed by atoms with Gasteiger partial charge in [-0.3, -0.25) is 9.69 Å². The van der Waals surface area contributed by atoms with Crippen molar-refractivity contribution in [2.45, 2.75) is 12.6 Å². The van der Waals surface area contributed by atoms with E-state index >= 15 is 0 Å². The second-order valence-electron chi connectivity index (χ2n) is 4.38. The molecule has 0 unspecified atom stereocenters. The number of alkyl halides is 3. The predicted molar refractivity (Wildman–Crippen MR) is 67.6 cm³/mol. The minimum absolute atomic E-state index is 0.0492. The number of halogens is 4. The number of carbonyl (C=O) groups excluding carboxylic acids is 1. The normalized spacial score (nSPS) is 11.7. The van der Waals surface area contributed by atoms with Crippen LogP contribution in [-0.2, 0) is 4.79 Å². The van der Waals surface area contributed by atoms with E-state index in [1.807, 2.05) is 0 Å². The van der Waals surface area contributed by atoms with Crippen molar-refractivity contribution in [2.75, 3.05) is 31.2 Å². The average molecular weight is 293 g/mol. The second kappa shape index (κ2) is 6.56. The zero-order valence-corrected chi connectivity index (χ0v) is 10.8. The number of anilines is 2. The van der Waals surface area contributed by atoms with E-state index in [4.69, 9.17) is 5.73 Å². The van der Waals surface area contributed by atoms with E-state index in [1.165, 1.54) is 13.1 Å². The molecule has 0 spiro atoms. The van der Waals surface area contributed by atoms with Crippen LogP contribution in [0.1, 0.15) is 6.42 Å². The lowest BCUT2D eigenvalue weighted by atomic mass is 10.2. The summed E-state index contributed by atoms with van der Waals surface area (Å²) in [5.41, 5.74) is 5.78. The summed E-state index contributed by atoms with van der Waals surface area (Å²) < 4.78 is 49.0. The fourth-order valence-corrected chi connectivity index (χ4v) is 1.54. The lowest BCUT2D eigenvalue weighted by molar-refractivity contribution is -0.144. The molecule has 0 atom stereocenters. The highest BCUT2D eigenvalue weighted by molar-refractivity contribution is 5.93. The highest BCUT2D eigenvalue weighted by Gasteiger charge is 2.29. The van der Waals surface area contributed by atoms with Gasteiger partial charge < -0.3 is 11.1 Å². The van der Waals surface area contributed by atoms with E-state index in [2.05, 4.69) is 5.32 Å². The number of nitrogens with zero attached hydrogens (tertiary/aromatic N) is 1. The van der Waals surface area contributed by atoms with Gasteiger partial charge in [-0.1, -0.05) is 0 Å². The van der Waals surface area contributed by atoms with Crippen molar-refractivity contribution in [1.29, 1.82) is 0 Å². The molecular formula is C12H15F4N3O. The largest absolute Gasteiger partial charge is 0.401 e. The molecule has 0 saturated carbocycles. The summed E-state index contributed by atoms with van der Waals surface area (Å²) in [4.78, 5) is 12.5. The minimum atomic E-state index is -4.30. The predicted octanol–water partition coefficient (Wildman–Crippen LogP) is 2.23. The highest BCUT2D eigenvalue weighted by Crippen LogP contribution is 2.19. The standard InChI is InChI=1S/C12H15F4N3O/c1-19(7-12(14,15)16)5-4-11(20)18-10-3-2-8(13)6-9(10)17/h2-3,6H,4-5,7,17H2,1H3,(H,18,20). The Kier molecular flexibility index (Phi) is 5.32. The molecule has 0 aliphatic heterocycles. The molecule has 0 aliphatic rings. The molecule has 0 fully saturated rings. The molecule has 1 aromatic carbocycles. The van der Waals surface area contributed by atoms with Gasteiger partial charge in [0.05, 0.1) is 17.9 Å². The monoisotopic (exact) mass is 293 g/mol. The quantitative estimate of drug-likeness (QED) is 0.646. The number of nitrogens with two attached hydrogens (primary N) is 1. The van der Waals surface area contributed by atoms with Gasteiger partial charge in [-0.15, -0.1) is 0 Å². The number of hydrogen-bond donors (Lipinski definition) is 2. The fraction of sp³-hybridized carbons (Fsp3) is 0.417. The number of rotatable bonds is 5. The van der Waals surface area contributed by atoms with Crippen molar-refractivity contribution in [3.05, 3.63) is 24.0 Å². The number of nitrogen functional groups attached to an aromatic ring is 1. The molecule has 8 heteroatoms. The van der Waals surface area contributed by atoms with Gasteiger partial charge in [-0.05, 0) is 25.2 Å². The molecule has 0 saturated heterocycles. The molecule has 1 rings (SSSR count). The van der Waals surface area contributed by atoms with Crippen molar-refractivity contribution in [2.24, 2.45) is 0 Å². The van der Waals surface area contributed by atoms with Gasteiger partial charge in [0.25, 0.3) is 0 Å². The second-order valence-corrected chi connectivity index (χ2v) is 4.38. The third kappa shape index (κ3) is 5.87. The number of carbonyl (C=O) groups is 1. The Labute approximate surface area is 113 Å². The smallest absolute Gasteiger partial charge is 0.397 e. The van der Waals surface area contributed by atoms with Gasteiger partial charge in [0, 0.05) is 13.0 Å². The van der Waals surface area contributed by atoms with Crippen molar-refractivity contribution in [1.82, 2.24) is 4.90 Å². The average Bonchev–Trinajstić information content (AvgIpc) is 2.28. The summed E-state index contributed by atoms with van der Waals surface area (Å²) in [5.74, 6) is -1.03. The summed E-state index contributed by atoms with van der Waals surface area (Å²) in [7, 11) is 1.27. The van der Waals surface area contributed by atoms with E-state index in [0.29, 0.717) is 0 Å². The van der Waals surface area contributed by atoms with Crippen LogP contribution in [0.2, 0.25) is 0 Å². The van der Waals surface area contributed by atoms with Crippen LogP contribution in [0.15, 0.2) is 18.2 Å². The van der Waals surface area contributed by atoms with E-state index in [1.54, 1.807) is 0 Å². The Morgan fingerprint density at radius 3 is 2.60 bits per heavy atom. The molecule has 0 radical (unpaired) electrons. The minimum Gasteiger partial charge on any atom is -0.397 e. The van der Waals surface area contributed by atoms with Crippen molar-refractivity contribution < 1.29 is 22.4 Å². The fourth-order valence-electron chi connectivity index (χ4n) is 1.54. The lowest BCUT2D eigenvalue weighted by Gasteiger charge is -2.18. The first-order chi connectivity index (χ1) is 9.17. The van der Waals surface area contributed by atoms with Crippen LogP contribution in [0.3, 0.4) is 0 Å². The lowest BCUT2D eigenvalue weighted by Crippen LogP contribution is -2.33. The van der Waals surface area contributed by atoms with Gasteiger partial charge in [-0.25, -0.2) is 4.39 Å². The Bertz CT molecular complexity index is 476. The van der Waals surface area contributed by atoms with Gasteiger partial charge in [0.15, 0.2) is 0 Å². The van der Waals surface area contributed by atoms with Crippen LogP contribution < -0.4 is 11.1 Å². The van der Waals surface area contributed by atoms with Gasteiger partial charge in [0.2, 0.25) is 5.91 Å². The molecule has 20 heavy (non-hydrogen) atoms. The molecule has 3 N–H and O–H groups in total. The molecule has 4 nitrogen and oxygen atoms in total. The van der Waals surface area contributed by atoms with Crippen molar-refractivity contribution in [3.8, 4) is 0 Å². The third-order valence-electron chi connectivity index (χ3n) is 2.46. The molecule has 1 aromatic rings.